The van der Waals surface area contributed by atoms with Crippen molar-refractivity contribution in [3.63, 3.8) is 0 Å². The standard InChI is InChI=1S/C17H16O9S2/c1-10-14(16(20)13-6-4-3-5-12(13)15(10)19)9-17(11(2)18)27(21,22)25-7-8-26-28(17,23)24/h3-6H,7-9H2,1-2H3. The number of hydrogen-bond donors (Lipinski definition) is 0. The van der Waals surface area contributed by atoms with E-state index in [9.17, 15) is 31.2 Å². The molecule has 2 aliphatic rings. The molecule has 28 heavy (non-hydrogen) atoms. The molecule has 0 bridgehead atoms. The molecular weight excluding hydrogens is 412 g/mol. The molecule has 0 saturated carbocycles. The molecule has 0 unspecified atom stereocenters. The van der Waals surface area contributed by atoms with Crippen LogP contribution in [0.1, 0.15) is 41.0 Å². The van der Waals surface area contributed by atoms with E-state index in [0.717, 1.165) is 6.92 Å². The van der Waals surface area contributed by atoms with Crippen molar-refractivity contribution in [3.05, 3.63) is 46.5 Å². The van der Waals surface area contributed by atoms with Crippen LogP contribution in [0.2, 0.25) is 0 Å². The highest BCUT2D eigenvalue weighted by Crippen LogP contribution is 2.40. The lowest BCUT2D eigenvalue weighted by molar-refractivity contribution is -0.117. The molecule has 1 aromatic rings. The van der Waals surface area contributed by atoms with Gasteiger partial charge >= 0.3 is 0 Å². The summed E-state index contributed by atoms with van der Waals surface area (Å²) < 4.78 is 56.8. The van der Waals surface area contributed by atoms with Crippen LogP contribution in [-0.2, 0) is 33.4 Å². The van der Waals surface area contributed by atoms with Crippen molar-refractivity contribution < 1.29 is 39.6 Å². The molecule has 11 heteroatoms. The first-order valence-electron chi connectivity index (χ1n) is 8.13. The van der Waals surface area contributed by atoms with Gasteiger partial charge in [0.2, 0.25) is 0 Å². The fraction of sp³-hybridized carbons (Fsp3) is 0.353. The minimum atomic E-state index is -5.03. The molecule has 0 atom stereocenters. The molecule has 0 amide bonds. The van der Waals surface area contributed by atoms with Gasteiger partial charge < -0.3 is 0 Å². The van der Waals surface area contributed by atoms with Gasteiger partial charge in [0, 0.05) is 28.7 Å². The average molecular weight is 428 g/mol. The Morgan fingerprint density at radius 2 is 1.43 bits per heavy atom. The zero-order valence-electron chi connectivity index (χ0n) is 14.9. The number of fused-ring (bicyclic) bond motifs is 1. The number of Topliss-reactive ketones (excluding diaryl/α,β-unsaturated/α-hetero) is 3. The molecule has 1 aliphatic carbocycles. The minimum absolute atomic E-state index is 0.00273. The molecule has 0 aromatic heterocycles. The van der Waals surface area contributed by atoms with E-state index in [-0.39, 0.29) is 22.3 Å². The summed E-state index contributed by atoms with van der Waals surface area (Å²) in [5, 5.41) is 0. The van der Waals surface area contributed by atoms with Gasteiger partial charge in [-0.15, -0.1) is 0 Å². The Morgan fingerprint density at radius 1 is 0.964 bits per heavy atom. The fourth-order valence-corrected chi connectivity index (χ4v) is 6.84. The van der Waals surface area contributed by atoms with E-state index in [4.69, 9.17) is 0 Å². The van der Waals surface area contributed by atoms with Gasteiger partial charge in [0.15, 0.2) is 17.3 Å². The summed E-state index contributed by atoms with van der Waals surface area (Å²) in [4.78, 5) is 37.9. The third kappa shape index (κ3) is 2.77. The number of carbonyl (C=O) groups is 3. The van der Waals surface area contributed by atoms with Crippen molar-refractivity contribution in [1.29, 1.82) is 0 Å². The lowest BCUT2D eigenvalue weighted by atomic mass is 9.82. The van der Waals surface area contributed by atoms with Crippen molar-refractivity contribution in [2.75, 3.05) is 13.2 Å². The monoisotopic (exact) mass is 428 g/mol. The molecule has 9 nitrogen and oxygen atoms in total. The molecule has 1 heterocycles. The van der Waals surface area contributed by atoms with E-state index >= 15 is 0 Å². The van der Waals surface area contributed by atoms with Crippen LogP contribution in [0.25, 0.3) is 0 Å². The van der Waals surface area contributed by atoms with E-state index in [1.54, 1.807) is 6.07 Å². The molecule has 0 radical (unpaired) electrons. The smallest absolute Gasteiger partial charge is 0.297 e. The Morgan fingerprint density at radius 3 is 1.89 bits per heavy atom. The number of hydrogen-bond acceptors (Lipinski definition) is 9. The second kappa shape index (κ2) is 6.69. The number of carbonyl (C=O) groups excluding carboxylic acids is 3. The summed E-state index contributed by atoms with van der Waals surface area (Å²) in [6.45, 7) is 0.817. The highest BCUT2D eigenvalue weighted by atomic mass is 32.3. The predicted molar refractivity (Wildman–Crippen MR) is 95.6 cm³/mol. The SMILES string of the molecule is CC(=O)C1(CC2=C(C)C(=O)c3ccccc3C2=O)S(=O)(=O)OCCOS1(=O)=O. The van der Waals surface area contributed by atoms with Crippen molar-refractivity contribution in [3.8, 4) is 0 Å². The van der Waals surface area contributed by atoms with E-state index in [1.165, 1.54) is 25.1 Å². The predicted octanol–water partition coefficient (Wildman–Crippen LogP) is 0.764. The molecule has 1 aromatic carbocycles. The highest BCUT2D eigenvalue weighted by molar-refractivity contribution is 8.07. The van der Waals surface area contributed by atoms with Gasteiger partial charge in [0.25, 0.3) is 24.3 Å². The van der Waals surface area contributed by atoms with Gasteiger partial charge in [-0.1, -0.05) is 24.3 Å². The number of rotatable bonds is 3. The van der Waals surface area contributed by atoms with Crippen LogP contribution < -0.4 is 0 Å². The molecule has 1 aliphatic heterocycles. The van der Waals surface area contributed by atoms with Gasteiger partial charge in [-0.3, -0.25) is 22.7 Å². The molecule has 3 rings (SSSR count). The average Bonchev–Trinajstić information content (AvgIpc) is 2.71. The third-order valence-electron chi connectivity index (χ3n) is 4.80. The first kappa shape index (κ1) is 20.5. The molecule has 0 spiro atoms. The summed E-state index contributed by atoms with van der Waals surface area (Å²) in [6, 6.07) is 5.86. The van der Waals surface area contributed by atoms with E-state index in [1.807, 2.05) is 0 Å². The zero-order chi connectivity index (χ0) is 20.9. The van der Waals surface area contributed by atoms with E-state index in [0.29, 0.717) is 0 Å². The summed E-state index contributed by atoms with van der Waals surface area (Å²) in [7, 11) is -10.1. The van der Waals surface area contributed by atoms with Crippen molar-refractivity contribution in [1.82, 2.24) is 0 Å². The Balaban J connectivity index is 2.27. The second-order valence-corrected chi connectivity index (χ2v) is 10.3. The summed E-state index contributed by atoms with van der Waals surface area (Å²) in [6.07, 6.45) is -1.09. The Labute approximate surface area is 161 Å². The summed E-state index contributed by atoms with van der Waals surface area (Å²) >= 11 is 0. The van der Waals surface area contributed by atoms with Crippen molar-refractivity contribution in [2.24, 2.45) is 0 Å². The summed E-state index contributed by atoms with van der Waals surface area (Å²) in [5.41, 5.74) is -0.416. The minimum Gasteiger partial charge on any atom is -0.297 e. The van der Waals surface area contributed by atoms with E-state index in [2.05, 4.69) is 8.37 Å². The molecule has 1 fully saturated rings. The lowest BCUT2D eigenvalue weighted by Crippen LogP contribution is -2.53. The lowest BCUT2D eigenvalue weighted by Gasteiger charge is -2.29. The van der Waals surface area contributed by atoms with Crippen LogP contribution in [0.5, 0.6) is 0 Å². The number of allylic oxidation sites excluding steroid dienone is 2. The van der Waals surface area contributed by atoms with Gasteiger partial charge in [0.05, 0.1) is 13.2 Å². The number of ketones is 3. The maximum absolute atomic E-state index is 12.9. The van der Waals surface area contributed by atoms with Crippen LogP contribution in [0.3, 0.4) is 0 Å². The summed E-state index contributed by atoms with van der Waals surface area (Å²) in [5.74, 6) is -2.59. The largest absolute Gasteiger partial charge is 0.298 e. The highest BCUT2D eigenvalue weighted by Gasteiger charge is 2.63. The van der Waals surface area contributed by atoms with Crippen LogP contribution in [0, 0.1) is 0 Å². The van der Waals surface area contributed by atoms with E-state index < -0.39 is 61.3 Å². The second-order valence-electron chi connectivity index (χ2n) is 6.35. The third-order valence-corrected chi connectivity index (χ3v) is 9.46. The number of benzene rings is 1. The topological polar surface area (TPSA) is 138 Å². The fourth-order valence-electron chi connectivity index (χ4n) is 3.25. The maximum Gasteiger partial charge on any atom is 0.298 e. The van der Waals surface area contributed by atoms with Crippen LogP contribution in [-0.4, -0.2) is 51.5 Å². The normalized spacial score (nSPS) is 23.1. The van der Waals surface area contributed by atoms with Gasteiger partial charge in [0.1, 0.15) is 0 Å². The maximum atomic E-state index is 12.9. The molecule has 150 valence electrons. The Bertz CT molecular complexity index is 1100. The van der Waals surface area contributed by atoms with Gasteiger partial charge in [-0.05, 0) is 13.8 Å². The Hall–Kier alpha value is -2.21. The quantitative estimate of drug-likeness (QED) is 0.639. The van der Waals surface area contributed by atoms with Crippen molar-refractivity contribution >= 4 is 37.6 Å². The first-order valence-corrected chi connectivity index (χ1v) is 10.9. The van der Waals surface area contributed by atoms with Crippen molar-refractivity contribution in [2.45, 2.75) is 24.3 Å². The Kier molecular flexibility index (Phi) is 4.90. The molecule has 0 N–H and O–H groups in total. The molecule has 1 saturated heterocycles. The van der Waals surface area contributed by atoms with Gasteiger partial charge in [-0.25, -0.2) is 0 Å². The van der Waals surface area contributed by atoms with Crippen LogP contribution in [0.15, 0.2) is 35.4 Å². The van der Waals surface area contributed by atoms with Gasteiger partial charge in [-0.2, -0.15) is 16.8 Å². The molecular formula is C17H16O9S2. The van der Waals surface area contributed by atoms with Crippen LogP contribution >= 0.6 is 0 Å². The first-order chi connectivity index (χ1) is 13.0. The van der Waals surface area contributed by atoms with Crippen LogP contribution in [0.4, 0.5) is 0 Å². The zero-order valence-corrected chi connectivity index (χ0v) is 16.6.